The summed E-state index contributed by atoms with van der Waals surface area (Å²) in [6.45, 7) is 0. The lowest BCUT2D eigenvalue weighted by atomic mass is 9.92. The van der Waals surface area contributed by atoms with Crippen LogP contribution in [0.3, 0.4) is 0 Å². The van der Waals surface area contributed by atoms with Crippen molar-refractivity contribution in [2.45, 2.75) is 9.71 Å². The minimum atomic E-state index is -1.55. The number of hydrogen-bond donors (Lipinski definition) is 0. The molecule has 0 saturated heterocycles. The van der Waals surface area contributed by atoms with Crippen LogP contribution in [0.2, 0.25) is 10.0 Å². The first kappa shape index (κ1) is 17.1. The van der Waals surface area contributed by atoms with Gasteiger partial charge in [0.2, 0.25) is 3.79 Å². The summed E-state index contributed by atoms with van der Waals surface area (Å²) in [5, 5.41) is 1.09. The largest absolute Gasteiger partial charge is 0.497 e. The predicted octanol–water partition coefficient (Wildman–Crippen LogP) is 6.50. The average molecular weight is 385 g/mol. The van der Waals surface area contributed by atoms with Crippen molar-refractivity contribution in [2.24, 2.45) is 0 Å². The molecule has 0 radical (unpaired) electrons. The van der Waals surface area contributed by atoms with E-state index in [0.717, 1.165) is 5.56 Å². The molecule has 0 spiro atoms. The molecule has 0 saturated carbocycles. The second-order valence-electron chi connectivity index (χ2n) is 4.41. The molecule has 0 aromatic heterocycles. The van der Waals surface area contributed by atoms with Crippen molar-refractivity contribution < 1.29 is 4.74 Å². The Bertz CT molecular complexity index is 619. The van der Waals surface area contributed by atoms with Crippen LogP contribution in [0.25, 0.3) is 0 Å². The number of benzene rings is 2. The molecule has 0 aliphatic rings. The lowest BCUT2D eigenvalue weighted by Gasteiger charge is -2.26. The summed E-state index contributed by atoms with van der Waals surface area (Å²) in [7, 11) is 1.57. The Morgan fingerprint density at radius 2 is 1.57 bits per heavy atom. The van der Waals surface area contributed by atoms with Gasteiger partial charge in [0.05, 0.1) is 13.0 Å². The van der Waals surface area contributed by atoms with Gasteiger partial charge in [0, 0.05) is 10.0 Å². The molecule has 0 amide bonds. The van der Waals surface area contributed by atoms with Crippen molar-refractivity contribution in [1.29, 1.82) is 0 Å². The first-order chi connectivity index (χ1) is 9.82. The number of rotatable bonds is 3. The zero-order valence-electron chi connectivity index (χ0n) is 10.9. The lowest BCUT2D eigenvalue weighted by molar-refractivity contribution is 0.414. The van der Waals surface area contributed by atoms with Crippen LogP contribution in [0.15, 0.2) is 42.5 Å². The lowest BCUT2D eigenvalue weighted by Crippen LogP contribution is -2.19. The van der Waals surface area contributed by atoms with E-state index in [9.17, 15) is 0 Å². The Labute approximate surface area is 148 Å². The monoisotopic (exact) mass is 382 g/mol. The van der Waals surface area contributed by atoms with Crippen molar-refractivity contribution >= 4 is 58.0 Å². The highest BCUT2D eigenvalue weighted by Crippen LogP contribution is 2.48. The third-order valence-corrected chi connectivity index (χ3v) is 4.28. The first-order valence-corrected chi connectivity index (χ1v) is 7.87. The standard InChI is InChI=1S/C15H11Cl5O/c1-21-11-6-7-12(13(17)8-11)14(15(18,19)20)9-2-4-10(16)5-3-9/h2-8,14H,1H3. The Kier molecular flexibility index (Phi) is 5.56. The van der Waals surface area contributed by atoms with E-state index in [0.29, 0.717) is 21.4 Å². The van der Waals surface area contributed by atoms with Gasteiger partial charge in [-0.25, -0.2) is 0 Å². The second kappa shape index (κ2) is 6.85. The molecule has 6 heteroatoms. The van der Waals surface area contributed by atoms with Gasteiger partial charge in [-0.1, -0.05) is 76.2 Å². The summed E-state index contributed by atoms with van der Waals surface area (Å²) >= 11 is 30.7. The molecule has 1 atom stereocenters. The van der Waals surface area contributed by atoms with Gasteiger partial charge < -0.3 is 4.74 Å². The number of halogens is 5. The maximum absolute atomic E-state index is 6.31. The van der Waals surface area contributed by atoms with Crippen LogP contribution in [-0.4, -0.2) is 10.9 Å². The van der Waals surface area contributed by atoms with E-state index in [2.05, 4.69) is 0 Å². The molecule has 112 valence electrons. The summed E-state index contributed by atoms with van der Waals surface area (Å²) in [5.74, 6) is 0.126. The van der Waals surface area contributed by atoms with Crippen molar-refractivity contribution in [3.63, 3.8) is 0 Å². The molecule has 1 unspecified atom stereocenters. The highest BCUT2D eigenvalue weighted by Gasteiger charge is 2.36. The number of methoxy groups -OCH3 is 1. The molecular formula is C15H11Cl5O. The fourth-order valence-electron chi connectivity index (χ4n) is 2.07. The van der Waals surface area contributed by atoms with E-state index in [1.54, 1.807) is 37.4 Å². The fourth-order valence-corrected chi connectivity index (χ4v) is 3.21. The van der Waals surface area contributed by atoms with Crippen LogP contribution in [0, 0.1) is 0 Å². The van der Waals surface area contributed by atoms with E-state index in [1.165, 1.54) is 0 Å². The predicted molar refractivity (Wildman–Crippen MR) is 91.6 cm³/mol. The Balaban J connectivity index is 2.54. The Morgan fingerprint density at radius 1 is 0.952 bits per heavy atom. The van der Waals surface area contributed by atoms with E-state index in [4.69, 9.17) is 62.7 Å². The summed E-state index contributed by atoms with van der Waals surface area (Å²) in [6, 6.07) is 12.4. The van der Waals surface area contributed by atoms with Crippen molar-refractivity contribution in [3.8, 4) is 5.75 Å². The third kappa shape index (κ3) is 4.12. The van der Waals surface area contributed by atoms with Gasteiger partial charge in [-0.05, 0) is 35.4 Å². The summed E-state index contributed by atoms with van der Waals surface area (Å²) in [5.41, 5.74) is 1.52. The first-order valence-electron chi connectivity index (χ1n) is 5.98. The average Bonchev–Trinajstić information content (AvgIpc) is 2.41. The Hall–Kier alpha value is -0.310. The van der Waals surface area contributed by atoms with Gasteiger partial charge in [-0.3, -0.25) is 0 Å². The van der Waals surface area contributed by atoms with Crippen LogP contribution in [0.1, 0.15) is 17.0 Å². The van der Waals surface area contributed by atoms with Crippen molar-refractivity contribution in [2.75, 3.05) is 7.11 Å². The van der Waals surface area contributed by atoms with Gasteiger partial charge in [0.25, 0.3) is 0 Å². The van der Waals surface area contributed by atoms with E-state index >= 15 is 0 Å². The van der Waals surface area contributed by atoms with Gasteiger partial charge >= 0.3 is 0 Å². The highest BCUT2D eigenvalue weighted by molar-refractivity contribution is 6.68. The maximum atomic E-state index is 6.31. The summed E-state index contributed by atoms with van der Waals surface area (Å²) in [6.07, 6.45) is 0. The molecule has 21 heavy (non-hydrogen) atoms. The van der Waals surface area contributed by atoms with E-state index in [1.807, 2.05) is 12.1 Å². The molecule has 2 aromatic carbocycles. The molecule has 0 N–H and O–H groups in total. The SMILES string of the molecule is COc1ccc(C(c2ccc(Cl)cc2)C(Cl)(Cl)Cl)c(Cl)c1. The fraction of sp³-hybridized carbons (Fsp3) is 0.200. The number of ether oxygens (including phenoxy) is 1. The minimum absolute atomic E-state index is 0.473. The molecule has 2 rings (SSSR count). The van der Waals surface area contributed by atoms with Crippen LogP contribution in [0.4, 0.5) is 0 Å². The highest BCUT2D eigenvalue weighted by atomic mass is 35.6. The second-order valence-corrected chi connectivity index (χ2v) is 7.63. The molecule has 0 aliphatic carbocycles. The Morgan fingerprint density at radius 3 is 2.05 bits per heavy atom. The molecular weight excluding hydrogens is 373 g/mol. The van der Waals surface area contributed by atoms with Gasteiger partial charge in [-0.15, -0.1) is 0 Å². The van der Waals surface area contributed by atoms with Crippen LogP contribution < -0.4 is 4.74 Å². The molecule has 0 bridgehead atoms. The molecule has 0 aliphatic heterocycles. The van der Waals surface area contributed by atoms with Crippen LogP contribution in [0.5, 0.6) is 5.75 Å². The van der Waals surface area contributed by atoms with Gasteiger partial charge in [-0.2, -0.15) is 0 Å². The maximum Gasteiger partial charge on any atom is 0.201 e. The number of hydrogen-bond acceptors (Lipinski definition) is 1. The summed E-state index contributed by atoms with van der Waals surface area (Å²) < 4.78 is 3.59. The smallest absolute Gasteiger partial charge is 0.201 e. The zero-order chi connectivity index (χ0) is 15.6. The molecule has 0 heterocycles. The minimum Gasteiger partial charge on any atom is -0.497 e. The molecule has 0 fully saturated rings. The van der Waals surface area contributed by atoms with E-state index < -0.39 is 9.71 Å². The molecule has 1 nitrogen and oxygen atoms in total. The van der Waals surface area contributed by atoms with Crippen molar-refractivity contribution in [3.05, 3.63) is 63.6 Å². The third-order valence-electron chi connectivity index (χ3n) is 3.05. The van der Waals surface area contributed by atoms with Gasteiger partial charge in [0.15, 0.2) is 0 Å². The van der Waals surface area contributed by atoms with Crippen molar-refractivity contribution in [1.82, 2.24) is 0 Å². The van der Waals surface area contributed by atoms with Crippen LogP contribution in [-0.2, 0) is 0 Å². The normalized spacial score (nSPS) is 13.0. The summed E-state index contributed by atoms with van der Waals surface area (Å²) in [4.78, 5) is 0. The zero-order valence-corrected chi connectivity index (χ0v) is 14.7. The van der Waals surface area contributed by atoms with Gasteiger partial charge in [0.1, 0.15) is 5.75 Å². The molecule has 2 aromatic rings. The van der Waals surface area contributed by atoms with E-state index in [-0.39, 0.29) is 0 Å². The topological polar surface area (TPSA) is 9.23 Å². The quantitative estimate of drug-likeness (QED) is 0.549. The number of alkyl halides is 3. The van der Waals surface area contributed by atoms with Crippen LogP contribution >= 0.6 is 58.0 Å².